The fourth-order valence-electron chi connectivity index (χ4n) is 8.17. The minimum absolute atomic E-state index is 0.124. The van der Waals surface area contributed by atoms with E-state index in [0.717, 1.165) is 43.4 Å². The van der Waals surface area contributed by atoms with Crippen LogP contribution in [-0.4, -0.2) is 22.3 Å². The van der Waals surface area contributed by atoms with Gasteiger partial charge in [-0.3, -0.25) is 4.79 Å². The summed E-state index contributed by atoms with van der Waals surface area (Å²) in [6.45, 7) is 7.33. The van der Waals surface area contributed by atoms with E-state index in [2.05, 4.69) is 26.8 Å². The van der Waals surface area contributed by atoms with Crippen LogP contribution in [0.1, 0.15) is 85.0 Å². The van der Waals surface area contributed by atoms with E-state index in [1.54, 1.807) is 5.57 Å². The lowest BCUT2D eigenvalue weighted by molar-refractivity contribution is -0.137. The molecule has 0 aliphatic heterocycles. The molecule has 0 unspecified atom stereocenters. The monoisotopic (exact) mass is 374 g/mol. The molecule has 3 saturated carbocycles. The first-order valence-electron chi connectivity index (χ1n) is 11.3. The molecule has 4 rings (SSSR count). The predicted molar refractivity (Wildman–Crippen MR) is 107 cm³/mol. The summed E-state index contributed by atoms with van der Waals surface area (Å²) in [5.41, 5.74) is 2.27. The highest BCUT2D eigenvalue weighted by molar-refractivity contribution is 5.66. The fourth-order valence-corrected chi connectivity index (χ4v) is 8.17. The van der Waals surface area contributed by atoms with Crippen LogP contribution in [0.25, 0.3) is 0 Å². The molecule has 152 valence electrons. The highest BCUT2D eigenvalue weighted by Gasteiger charge is 2.59. The summed E-state index contributed by atoms with van der Waals surface area (Å²) in [4.78, 5) is 11.0. The number of carboxylic acids is 1. The summed E-state index contributed by atoms with van der Waals surface area (Å²) in [6, 6.07) is 0. The number of fused-ring (bicyclic) bond motifs is 5. The van der Waals surface area contributed by atoms with Crippen molar-refractivity contribution in [1.82, 2.24) is 0 Å². The molecule has 0 aromatic carbocycles. The molecule has 27 heavy (non-hydrogen) atoms. The van der Waals surface area contributed by atoms with Gasteiger partial charge in [-0.05, 0) is 98.2 Å². The van der Waals surface area contributed by atoms with E-state index in [0.29, 0.717) is 29.1 Å². The first-order chi connectivity index (χ1) is 12.8. The highest BCUT2D eigenvalue weighted by atomic mass is 16.4. The number of allylic oxidation sites excluding steroid dienone is 1. The quantitative estimate of drug-likeness (QED) is 0.645. The van der Waals surface area contributed by atoms with Gasteiger partial charge in [-0.2, -0.15) is 0 Å². The summed E-state index contributed by atoms with van der Waals surface area (Å²) >= 11 is 0. The fraction of sp³-hybridized carbons (Fsp3) is 0.875. The van der Waals surface area contributed by atoms with Crippen LogP contribution in [0.3, 0.4) is 0 Å². The number of hydrogen-bond acceptors (Lipinski definition) is 2. The minimum Gasteiger partial charge on any atom is -0.481 e. The normalized spacial score (nSPS) is 47.4. The van der Waals surface area contributed by atoms with Gasteiger partial charge in [-0.15, -0.1) is 0 Å². The van der Waals surface area contributed by atoms with Crippen LogP contribution in [0.15, 0.2) is 11.6 Å². The van der Waals surface area contributed by atoms with E-state index in [1.807, 2.05) is 0 Å². The predicted octanol–water partition coefficient (Wildman–Crippen LogP) is 5.43. The average molecular weight is 375 g/mol. The molecule has 8 atom stereocenters. The maximum atomic E-state index is 11.0. The van der Waals surface area contributed by atoms with Crippen molar-refractivity contribution in [1.29, 1.82) is 0 Å². The Morgan fingerprint density at radius 3 is 2.70 bits per heavy atom. The van der Waals surface area contributed by atoms with Crippen LogP contribution in [0.5, 0.6) is 0 Å². The highest BCUT2D eigenvalue weighted by Crippen LogP contribution is 2.67. The molecule has 0 saturated heterocycles. The Morgan fingerprint density at radius 1 is 1.19 bits per heavy atom. The van der Waals surface area contributed by atoms with Crippen molar-refractivity contribution in [2.24, 2.45) is 40.4 Å². The molecule has 4 aliphatic carbocycles. The van der Waals surface area contributed by atoms with E-state index in [1.165, 1.54) is 32.1 Å². The Balaban J connectivity index is 1.54. The van der Waals surface area contributed by atoms with Crippen LogP contribution in [0.2, 0.25) is 0 Å². The van der Waals surface area contributed by atoms with Gasteiger partial charge in [0.15, 0.2) is 0 Å². The molecule has 0 bridgehead atoms. The van der Waals surface area contributed by atoms with E-state index < -0.39 is 5.97 Å². The zero-order chi connectivity index (χ0) is 19.4. The van der Waals surface area contributed by atoms with Crippen LogP contribution in [0, 0.1) is 40.4 Å². The van der Waals surface area contributed by atoms with Crippen molar-refractivity contribution >= 4 is 5.97 Å². The van der Waals surface area contributed by atoms with Gasteiger partial charge in [0.25, 0.3) is 0 Å². The van der Waals surface area contributed by atoms with Crippen LogP contribution in [0.4, 0.5) is 0 Å². The van der Waals surface area contributed by atoms with Gasteiger partial charge >= 0.3 is 5.97 Å². The number of aliphatic hydroxyl groups is 1. The molecule has 0 heterocycles. The van der Waals surface area contributed by atoms with Crippen molar-refractivity contribution in [3.63, 3.8) is 0 Å². The Hall–Kier alpha value is -0.830. The first-order valence-corrected chi connectivity index (χ1v) is 11.3. The second-order valence-electron chi connectivity index (χ2n) is 10.8. The zero-order valence-corrected chi connectivity index (χ0v) is 17.4. The van der Waals surface area contributed by atoms with Gasteiger partial charge in [0.05, 0.1) is 6.10 Å². The third-order valence-corrected chi connectivity index (χ3v) is 9.65. The summed E-state index contributed by atoms with van der Waals surface area (Å²) in [6.07, 6.45) is 13.0. The number of hydrogen-bond donors (Lipinski definition) is 2. The molecule has 3 nitrogen and oxygen atoms in total. The lowest BCUT2D eigenvalue weighted by Crippen LogP contribution is -2.50. The third-order valence-electron chi connectivity index (χ3n) is 9.65. The number of rotatable bonds is 4. The maximum Gasteiger partial charge on any atom is 0.303 e. The summed E-state index contributed by atoms with van der Waals surface area (Å²) in [5.74, 6) is 2.94. The largest absolute Gasteiger partial charge is 0.481 e. The Morgan fingerprint density at radius 2 is 1.96 bits per heavy atom. The molecule has 0 radical (unpaired) electrons. The molecule has 3 fully saturated rings. The van der Waals surface area contributed by atoms with Gasteiger partial charge in [0.1, 0.15) is 0 Å². The van der Waals surface area contributed by atoms with Gasteiger partial charge < -0.3 is 10.2 Å². The lowest BCUT2D eigenvalue weighted by Gasteiger charge is -2.58. The second-order valence-corrected chi connectivity index (χ2v) is 10.8. The van der Waals surface area contributed by atoms with Crippen molar-refractivity contribution in [3.05, 3.63) is 11.6 Å². The Labute approximate surface area is 164 Å². The van der Waals surface area contributed by atoms with Crippen LogP contribution < -0.4 is 0 Å². The molecule has 3 heteroatoms. The van der Waals surface area contributed by atoms with Crippen molar-refractivity contribution in [3.8, 4) is 0 Å². The maximum absolute atomic E-state index is 11.0. The zero-order valence-electron chi connectivity index (χ0n) is 17.4. The summed E-state index contributed by atoms with van der Waals surface area (Å²) in [5, 5.41) is 19.2. The van der Waals surface area contributed by atoms with Crippen molar-refractivity contribution in [2.75, 3.05) is 0 Å². The first kappa shape index (κ1) is 19.5. The second kappa shape index (κ2) is 6.90. The van der Waals surface area contributed by atoms with Gasteiger partial charge in [0, 0.05) is 6.42 Å². The van der Waals surface area contributed by atoms with Crippen molar-refractivity contribution in [2.45, 2.75) is 91.1 Å². The Bertz CT molecular complexity index is 625. The standard InChI is InChI=1S/C24H38O3/c1-15(4-9-22(26)27)19-7-8-20-18-6-5-16-14-17(25)10-12-23(16,2)21(18)11-13-24(19,20)3/h5,15,17-21,25H,4,6-14H2,1-3H3,(H,26,27)/t15-,17+,18+,19-,20+,21+,23+,24-/m0/s1. The molecular weight excluding hydrogens is 336 g/mol. The molecule has 0 spiro atoms. The van der Waals surface area contributed by atoms with E-state index in [-0.39, 0.29) is 6.10 Å². The Kier molecular flexibility index (Phi) is 4.98. The van der Waals surface area contributed by atoms with E-state index in [9.17, 15) is 9.90 Å². The molecule has 2 N–H and O–H groups in total. The van der Waals surface area contributed by atoms with Crippen molar-refractivity contribution < 1.29 is 15.0 Å². The third kappa shape index (κ3) is 3.09. The molecular formula is C24H38O3. The van der Waals surface area contributed by atoms with Crippen LogP contribution >= 0.6 is 0 Å². The smallest absolute Gasteiger partial charge is 0.303 e. The summed E-state index contributed by atoms with van der Waals surface area (Å²) < 4.78 is 0. The number of aliphatic hydroxyl groups excluding tert-OH is 1. The van der Waals surface area contributed by atoms with Gasteiger partial charge in [0.2, 0.25) is 0 Å². The molecule has 0 amide bonds. The van der Waals surface area contributed by atoms with Crippen LogP contribution in [-0.2, 0) is 4.79 Å². The molecule has 0 aromatic rings. The van der Waals surface area contributed by atoms with Gasteiger partial charge in [-0.1, -0.05) is 32.4 Å². The number of carbonyl (C=O) groups is 1. The number of carboxylic acid groups (broad SMARTS) is 1. The topological polar surface area (TPSA) is 57.5 Å². The number of aliphatic carboxylic acids is 1. The van der Waals surface area contributed by atoms with Gasteiger partial charge in [-0.25, -0.2) is 0 Å². The molecule has 4 aliphatic rings. The van der Waals surface area contributed by atoms with E-state index >= 15 is 0 Å². The van der Waals surface area contributed by atoms with E-state index in [4.69, 9.17) is 5.11 Å². The molecule has 0 aromatic heterocycles. The average Bonchev–Trinajstić information content (AvgIpc) is 2.97. The minimum atomic E-state index is -0.650. The lowest BCUT2D eigenvalue weighted by atomic mass is 9.47. The summed E-state index contributed by atoms with van der Waals surface area (Å²) in [7, 11) is 0. The SMILES string of the molecule is C[C@@H](CCC(=O)O)[C@@H]1CC[C@@H]2[C@H]3CC=C4C[C@H](O)CC[C@@]4(C)[C@@H]3CC[C@]21C.